The van der Waals surface area contributed by atoms with Crippen LogP contribution < -0.4 is 14.2 Å². The number of hydrogen-bond acceptors (Lipinski definition) is 5. The molecule has 3 aromatic rings. The van der Waals surface area contributed by atoms with Gasteiger partial charge in [0.05, 0.1) is 18.4 Å². The highest BCUT2D eigenvalue weighted by molar-refractivity contribution is 6.02. The first-order chi connectivity index (χ1) is 15.8. The van der Waals surface area contributed by atoms with Gasteiger partial charge in [-0.25, -0.2) is 5.01 Å². The van der Waals surface area contributed by atoms with Crippen LogP contribution in [0.4, 0.5) is 0 Å². The molecule has 0 unspecified atom stereocenters. The molecule has 162 valence electrons. The average Bonchev–Trinajstić information content (AvgIpc) is 3.29. The van der Waals surface area contributed by atoms with Crippen LogP contribution in [0.5, 0.6) is 17.2 Å². The van der Waals surface area contributed by atoms with Gasteiger partial charge in [0.1, 0.15) is 23.9 Å². The molecule has 32 heavy (non-hydrogen) atoms. The molecule has 5 rings (SSSR count). The molecular formula is C27H26N2O3. The lowest BCUT2D eigenvalue weighted by Crippen LogP contribution is -2.33. The Hall–Kier alpha value is -3.73. The first-order valence-electron chi connectivity index (χ1n) is 10.9. The van der Waals surface area contributed by atoms with Gasteiger partial charge >= 0.3 is 0 Å². The molecule has 0 amide bonds. The smallest absolute Gasteiger partial charge is 0.213 e. The molecule has 5 nitrogen and oxygen atoms in total. The zero-order valence-electron chi connectivity index (χ0n) is 18.1. The van der Waals surface area contributed by atoms with Gasteiger partial charge in [0.15, 0.2) is 0 Å². The monoisotopic (exact) mass is 426 g/mol. The van der Waals surface area contributed by atoms with E-state index < -0.39 is 0 Å². The van der Waals surface area contributed by atoms with E-state index in [9.17, 15) is 0 Å². The quantitative estimate of drug-likeness (QED) is 0.442. The third kappa shape index (κ3) is 3.82. The average molecular weight is 427 g/mol. The van der Waals surface area contributed by atoms with Crippen LogP contribution in [0.1, 0.15) is 42.3 Å². The number of fused-ring (bicyclic) bond motifs is 3. The molecule has 2 aliphatic heterocycles. The standard InChI is InChI=1S/C27H26N2O3/c1-3-17-31-22-13-9-19(10-14-22)24-18-25-23-7-5-6-8-26(23)32-27(29(25)28-24)20-11-15-21(16-12-20)30-4-2/h3,5-16,25,27H,1,4,17-18H2,2H3/t25-,27-/m1/s1. The van der Waals surface area contributed by atoms with Crippen molar-refractivity contribution in [3.05, 3.63) is 102 Å². The number of para-hydroxylation sites is 1. The summed E-state index contributed by atoms with van der Waals surface area (Å²) < 4.78 is 17.6. The first-order valence-corrected chi connectivity index (χ1v) is 10.9. The molecule has 0 bridgehead atoms. The van der Waals surface area contributed by atoms with Crippen molar-refractivity contribution in [1.82, 2.24) is 5.01 Å². The summed E-state index contributed by atoms with van der Waals surface area (Å²) in [4.78, 5) is 0. The van der Waals surface area contributed by atoms with Crippen LogP contribution >= 0.6 is 0 Å². The summed E-state index contributed by atoms with van der Waals surface area (Å²) in [6.45, 7) is 6.82. The fraction of sp³-hybridized carbons (Fsp3) is 0.222. The third-order valence-corrected chi connectivity index (χ3v) is 5.73. The molecular weight excluding hydrogens is 400 g/mol. The second-order valence-corrected chi connectivity index (χ2v) is 7.78. The van der Waals surface area contributed by atoms with E-state index in [0.29, 0.717) is 13.2 Å². The Kier molecular flexibility index (Phi) is 5.55. The van der Waals surface area contributed by atoms with Gasteiger partial charge in [0, 0.05) is 17.5 Å². The van der Waals surface area contributed by atoms with Crippen molar-refractivity contribution in [2.75, 3.05) is 13.2 Å². The Morgan fingerprint density at radius 2 is 1.72 bits per heavy atom. The van der Waals surface area contributed by atoms with Crippen molar-refractivity contribution in [2.24, 2.45) is 5.10 Å². The fourth-order valence-electron chi connectivity index (χ4n) is 4.22. The summed E-state index contributed by atoms with van der Waals surface area (Å²) in [6.07, 6.45) is 2.27. The summed E-state index contributed by atoms with van der Waals surface area (Å²) in [5.41, 5.74) is 4.35. The van der Waals surface area contributed by atoms with Gasteiger partial charge in [0.25, 0.3) is 0 Å². The van der Waals surface area contributed by atoms with Crippen molar-refractivity contribution in [2.45, 2.75) is 25.6 Å². The Morgan fingerprint density at radius 3 is 2.47 bits per heavy atom. The maximum atomic E-state index is 6.43. The summed E-state index contributed by atoms with van der Waals surface area (Å²) in [6, 6.07) is 24.5. The molecule has 0 saturated heterocycles. The molecule has 0 N–H and O–H groups in total. The van der Waals surface area contributed by atoms with Gasteiger partial charge < -0.3 is 14.2 Å². The zero-order chi connectivity index (χ0) is 21.9. The second kappa shape index (κ2) is 8.79. The van der Waals surface area contributed by atoms with E-state index in [-0.39, 0.29) is 12.3 Å². The van der Waals surface area contributed by atoms with Gasteiger partial charge in [-0.2, -0.15) is 5.10 Å². The summed E-state index contributed by atoms with van der Waals surface area (Å²) >= 11 is 0. The molecule has 5 heteroatoms. The van der Waals surface area contributed by atoms with E-state index in [1.807, 2.05) is 43.3 Å². The lowest BCUT2D eigenvalue weighted by Gasteiger charge is -2.38. The summed E-state index contributed by atoms with van der Waals surface area (Å²) in [7, 11) is 0. The highest BCUT2D eigenvalue weighted by Crippen LogP contribution is 2.47. The van der Waals surface area contributed by atoms with Crippen LogP contribution in [-0.2, 0) is 0 Å². The van der Waals surface area contributed by atoms with Crippen molar-refractivity contribution in [3.63, 3.8) is 0 Å². The minimum atomic E-state index is -0.293. The van der Waals surface area contributed by atoms with Crippen LogP contribution in [0.3, 0.4) is 0 Å². The molecule has 0 spiro atoms. The van der Waals surface area contributed by atoms with E-state index in [2.05, 4.69) is 48.0 Å². The lowest BCUT2D eigenvalue weighted by molar-refractivity contribution is -0.0190. The molecule has 3 aromatic carbocycles. The summed E-state index contributed by atoms with van der Waals surface area (Å²) in [5.74, 6) is 2.59. The number of benzene rings is 3. The predicted octanol–water partition coefficient (Wildman–Crippen LogP) is 5.89. The van der Waals surface area contributed by atoms with Crippen molar-refractivity contribution >= 4 is 5.71 Å². The van der Waals surface area contributed by atoms with E-state index in [0.717, 1.165) is 40.5 Å². The largest absolute Gasteiger partial charge is 0.494 e. The maximum Gasteiger partial charge on any atom is 0.213 e. The highest BCUT2D eigenvalue weighted by Gasteiger charge is 2.40. The third-order valence-electron chi connectivity index (χ3n) is 5.73. The lowest BCUT2D eigenvalue weighted by atomic mass is 9.96. The van der Waals surface area contributed by atoms with Gasteiger partial charge in [-0.05, 0) is 67.1 Å². The molecule has 0 fully saturated rings. The van der Waals surface area contributed by atoms with E-state index in [4.69, 9.17) is 19.3 Å². The SMILES string of the molecule is C=CCOc1ccc(C2=NN3[C@H](C2)c2ccccc2O[C@@H]3c2ccc(OCC)cc2)cc1. The molecule has 0 radical (unpaired) electrons. The number of ether oxygens (including phenoxy) is 3. The number of hydrogen-bond donors (Lipinski definition) is 0. The minimum Gasteiger partial charge on any atom is -0.494 e. The molecule has 0 aromatic heterocycles. The maximum absolute atomic E-state index is 6.43. The Morgan fingerprint density at radius 1 is 1.00 bits per heavy atom. The molecule has 0 aliphatic carbocycles. The molecule has 2 atom stereocenters. The van der Waals surface area contributed by atoms with Crippen LogP contribution in [0.25, 0.3) is 0 Å². The van der Waals surface area contributed by atoms with Gasteiger partial charge in [0.2, 0.25) is 6.23 Å². The normalized spacial score (nSPS) is 18.8. The minimum absolute atomic E-state index is 0.128. The number of rotatable bonds is 7. The topological polar surface area (TPSA) is 43.3 Å². The molecule has 2 heterocycles. The van der Waals surface area contributed by atoms with Crippen molar-refractivity contribution in [1.29, 1.82) is 0 Å². The van der Waals surface area contributed by atoms with Gasteiger partial charge in [-0.3, -0.25) is 0 Å². The zero-order valence-corrected chi connectivity index (χ0v) is 18.1. The van der Waals surface area contributed by atoms with Crippen molar-refractivity contribution in [3.8, 4) is 17.2 Å². The molecule has 0 saturated carbocycles. The van der Waals surface area contributed by atoms with E-state index in [1.54, 1.807) is 6.08 Å². The Bertz CT molecular complexity index is 1120. The highest BCUT2D eigenvalue weighted by atomic mass is 16.5. The van der Waals surface area contributed by atoms with Crippen molar-refractivity contribution < 1.29 is 14.2 Å². The van der Waals surface area contributed by atoms with E-state index >= 15 is 0 Å². The van der Waals surface area contributed by atoms with E-state index in [1.165, 1.54) is 5.56 Å². The Labute approximate surface area is 188 Å². The molecule has 2 aliphatic rings. The first kappa shape index (κ1) is 20.2. The number of nitrogens with zero attached hydrogens (tertiary/aromatic N) is 2. The van der Waals surface area contributed by atoms with Crippen LogP contribution in [0.15, 0.2) is 90.6 Å². The number of hydrazone groups is 1. The summed E-state index contributed by atoms with van der Waals surface area (Å²) in [5, 5.41) is 7.12. The van der Waals surface area contributed by atoms with Crippen LogP contribution in [-0.4, -0.2) is 23.9 Å². The fourth-order valence-corrected chi connectivity index (χ4v) is 4.22. The van der Waals surface area contributed by atoms with Gasteiger partial charge in [-0.15, -0.1) is 0 Å². The predicted molar refractivity (Wildman–Crippen MR) is 125 cm³/mol. The second-order valence-electron chi connectivity index (χ2n) is 7.78. The van der Waals surface area contributed by atoms with Gasteiger partial charge in [-0.1, -0.05) is 30.9 Å². The van der Waals surface area contributed by atoms with Crippen LogP contribution in [0.2, 0.25) is 0 Å². The van der Waals surface area contributed by atoms with Crippen LogP contribution in [0, 0.1) is 0 Å². The Balaban J connectivity index is 1.47.